The van der Waals surface area contributed by atoms with Crippen LogP contribution in [-0.4, -0.2) is 6.29 Å². The van der Waals surface area contributed by atoms with E-state index in [1.54, 1.807) is 0 Å². The maximum Gasteiger partial charge on any atom is 0.210 e. The van der Waals surface area contributed by atoms with Gasteiger partial charge >= 0.3 is 0 Å². The predicted octanol–water partition coefficient (Wildman–Crippen LogP) is 10.6. The van der Waals surface area contributed by atoms with E-state index in [0.29, 0.717) is 5.92 Å². The van der Waals surface area contributed by atoms with Crippen LogP contribution in [-0.2, 0) is 16.6 Å². The molecule has 5 rings (SSSR count). The van der Waals surface area contributed by atoms with Crippen LogP contribution in [0.15, 0.2) is 78.9 Å². The van der Waals surface area contributed by atoms with Gasteiger partial charge in [0.15, 0.2) is 0 Å². The molecule has 0 bridgehead atoms. The van der Waals surface area contributed by atoms with Gasteiger partial charge in [-0.3, -0.25) is 0 Å². The van der Waals surface area contributed by atoms with E-state index in [1.807, 2.05) is 0 Å². The van der Waals surface area contributed by atoms with Crippen molar-refractivity contribution >= 4 is 0 Å². The van der Waals surface area contributed by atoms with E-state index >= 15 is 0 Å². The molecule has 0 amide bonds. The second-order valence-electron chi connectivity index (χ2n) is 14.6. The van der Waals surface area contributed by atoms with Gasteiger partial charge in [-0.25, -0.2) is 0 Å². The SMILES string of the molecule is CC(C)(C)CC(c1ccc(OC(OC2CCc3ccccc32)C2(c3ccccc3)CCCCC2)cc1)C(C)(C)C. The minimum absolute atomic E-state index is 0.0695. The summed E-state index contributed by atoms with van der Waals surface area (Å²) in [5, 5.41) is 0. The van der Waals surface area contributed by atoms with Crippen LogP contribution in [0.3, 0.4) is 0 Å². The first-order valence-electron chi connectivity index (χ1n) is 15.6. The molecule has 3 atom stereocenters. The third-order valence-corrected chi connectivity index (χ3v) is 9.30. The Morgan fingerprint density at radius 3 is 2.08 bits per heavy atom. The number of ether oxygens (including phenoxy) is 2. The number of rotatable bonds is 8. The van der Waals surface area contributed by atoms with Crippen LogP contribution >= 0.6 is 0 Å². The molecule has 0 aromatic heterocycles. The molecule has 0 radical (unpaired) electrons. The number of hydrogen-bond acceptors (Lipinski definition) is 2. The summed E-state index contributed by atoms with van der Waals surface area (Å²) in [7, 11) is 0. The fourth-order valence-corrected chi connectivity index (χ4v) is 7.13. The van der Waals surface area contributed by atoms with E-state index in [9.17, 15) is 0 Å². The first-order valence-corrected chi connectivity index (χ1v) is 15.6. The van der Waals surface area contributed by atoms with E-state index < -0.39 is 0 Å². The van der Waals surface area contributed by atoms with Gasteiger partial charge in [0.25, 0.3) is 0 Å². The van der Waals surface area contributed by atoms with Crippen molar-refractivity contribution in [2.75, 3.05) is 0 Å². The highest BCUT2D eigenvalue weighted by Crippen LogP contribution is 2.48. The molecule has 214 valence electrons. The van der Waals surface area contributed by atoms with Gasteiger partial charge in [-0.05, 0) is 83.2 Å². The van der Waals surface area contributed by atoms with Crippen molar-refractivity contribution in [2.45, 2.75) is 117 Å². The summed E-state index contributed by atoms with van der Waals surface area (Å²) in [6.45, 7) is 14.1. The van der Waals surface area contributed by atoms with E-state index in [2.05, 4.69) is 120 Å². The highest BCUT2D eigenvalue weighted by atomic mass is 16.7. The minimum Gasteiger partial charge on any atom is -0.464 e. The molecule has 40 heavy (non-hydrogen) atoms. The Labute approximate surface area is 243 Å². The zero-order valence-corrected chi connectivity index (χ0v) is 25.7. The van der Waals surface area contributed by atoms with Crippen LogP contribution in [0.1, 0.15) is 121 Å². The lowest BCUT2D eigenvalue weighted by Crippen LogP contribution is -2.47. The van der Waals surface area contributed by atoms with Gasteiger partial charge < -0.3 is 9.47 Å². The molecule has 2 nitrogen and oxygen atoms in total. The second-order valence-corrected chi connectivity index (χ2v) is 14.6. The average Bonchev–Trinajstić information content (AvgIpc) is 3.34. The summed E-state index contributed by atoms with van der Waals surface area (Å²) >= 11 is 0. The fourth-order valence-electron chi connectivity index (χ4n) is 7.13. The van der Waals surface area contributed by atoms with Crippen molar-refractivity contribution in [1.29, 1.82) is 0 Å². The Hall–Kier alpha value is -2.58. The largest absolute Gasteiger partial charge is 0.464 e. The topological polar surface area (TPSA) is 18.5 Å². The van der Waals surface area contributed by atoms with Gasteiger partial charge in [0.2, 0.25) is 6.29 Å². The second kappa shape index (κ2) is 11.7. The molecule has 0 heterocycles. The molecular formula is C38H50O2. The zero-order chi connectivity index (χ0) is 28.4. The van der Waals surface area contributed by atoms with Crippen molar-refractivity contribution in [3.63, 3.8) is 0 Å². The van der Waals surface area contributed by atoms with Crippen LogP contribution in [0.5, 0.6) is 5.75 Å². The smallest absolute Gasteiger partial charge is 0.210 e. The molecule has 1 saturated carbocycles. The van der Waals surface area contributed by atoms with Gasteiger partial charge in [-0.2, -0.15) is 0 Å². The quantitative estimate of drug-likeness (QED) is 0.266. The van der Waals surface area contributed by atoms with Crippen LogP contribution in [0.2, 0.25) is 0 Å². The lowest BCUT2D eigenvalue weighted by atomic mass is 9.68. The number of fused-ring (bicyclic) bond motifs is 1. The third kappa shape index (κ3) is 6.49. The van der Waals surface area contributed by atoms with Crippen LogP contribution in [0, 0.1) is 10.8 Å². The molecule has 1 fully saturated rings. The molecule has 2 aliphatic carbocycles. The highest BCUT2D eigenvalue weighted by Gasteiger charge is 2.46. The molecule has 2 aliphatic rings. The van der Waals surface area contributed by atoms with Crippen LogP contribution in [0.4, 0.5) is 0 Å². The Bertz CT molecular complexity index is 1220. The maximum atomic E-state index is 7.11. The number of hydrogen-bond donors (Lipinski definition) is 0. The van der Waals surface area contributed by atoms with Crippen LogP contribution < -0.4 is 4.74 Å². The molecule has 0 N–H and O–H groups in total. The molecule has 0 aliphatic heterocycles. The summed E-state index contributed by atoms with van der Waals surface area (Å²) < 4.78 is 14.1. The molecule has 0 spiro atoms. The Balaban J connectivity index is 1.48. The standard InChI is InChI=1S/C38H50O2/c1-36(2,3)27-33(37(4,5)6)29-19-22-31(23-20-29)39-35(40-34-24-21-28-15-11-12-18-32(28)34)38(25-13-8-14-26-38)30-16-9-7-10-17-30/h7,9-12,15-20,22-23,33-35H,8,13-14,21,24-27H2,1-6H3. The van der Waals surface area contributed by atoms with Gasteiger partial charge in [0, 0.05) is 0 Å². The lowest BCUT2D eigenvalue weighted by Gasteiger charge is -2.44. The molecule has 3 aromatic carbocycles. The summed E-state index contributed by atoms with van der Waals surface area (Å²) in [5.41, 5.74) is 5.80. The summed E-state index contributed by atoms with van der Waals surface area (Å²) in [6, 6.07) is 28.8. The molecule has 3 aromatic rings. The monoisotopic (exact) mass is 538 g/mol. The fraction of sp³-hybridized carbons (Fsp3) is 0.526. The summed E-state index contributed by atoms with van der Waals surface area (Å²) in [4.78, 5) is 0. The van der Waals surface area contributed by atoms with E-state index in [-0.39, 0.29) is 28.6 Å². The molecule has 3 unspecified atom stereocenters. The van der Waals surface area contributed by atoms with Crippen molar-refractivity contribution in [1.82, 2.24) is 0 Å². The minimum atomic E-state index is -0.342. The summed E-state index contributed by atoms with van der Waals surface area (Å²) in [5.74, 6) is 1.39. The van der Waals surface area contributed by atoms with Crippen molar-refractivity contribution < 1.29 is 9.47 Å². The summed E-state index contributed by atoms with van der Waals surface area (Å²) in [6.07, 6.45) is 8.84. The maximum absolute atomic E-state index is 7.11. The van der Waals surface area contributed by atoms with E-state index in [1.165, 1.54) is 41.5 Å². The van der Waals surface area contributed by atoms with E-state index in [4.69, 9.17) is 9.47 Å². The van der Waals surface area contributed by atoms with Gasteiger partial charge in [0.05, 0.1) is 11.5 Å². The van der Waals surface area contributed by atoms with Gasteiger partial charge in [0.1, 0.15) is 5.75 Å². The first-order chi connectivity index (χ1) is 19.1. The van der Waals surface area contributed by atoms with E-state index in [0.717, 1.165) is 37.9 Å². The Morgan fingerprint density at radius 1 is 0.775 bits per heavy atom. The molecule has 0 saturated heterocycles. The van der Waals surface area contributed by atoms with Crippen molar-refractivity contribution in [3.8, 4) is 5.75 Å². The number of aryl methyl sites for hydroxylation is 1. The Morgan fingerprint density at radius 2 is 1.43 bits per heavy atom. The third-order valence-electron chi connectivity index (χ3n) is 9.30. The van der Waals surface area contributed by atoms with Gasteiger partial charge in [-0.1, -0.05) is 128 Å². The predicted molar refractivity (Wildman–Crippen MR) is 167 cm³/mol. The average molecular weight is 539 g/mol. The highest BCUT2D eigenvalue weighted by molar-refractivity contribution is 5.35. The van der Waals surface area contributed by atoms with Crippen molar-refractivity contribution in [3.05, 3.63) is 101 Å². The molecular weight excluding hydrogens is 488 g/mol. The molecule has 2 heteroatoms. The van der Waals surface area contributed by atoms with Crippen molar-refractivity contribution in [2.24, 2.45) is 10.8 Å². The number of benzene rings is 3. The normalized spacial score (nSPS) is 20.5. The first kappa shape index (κ1) is 28.9. The van der Waals surface area contributed by atoms with Gasteiger partial charge in [-0.15, -0.1) is 0 Å². The lowest BCUT2D eigenvalue weighted by molar-refractivity contribution is -0.169. The Kier molecular flexibility index (Phi) is 8.48. The van der Waals surface area contributed by atoms with Crippen LogP contribution in [0.25, 0.3) is 0 Å². The zero-order valence-electron chi connectivity index (χ0n) is 25.7.